The van der Waals surface area contributed by atoms with Gasteiger partial charge in [-0.15, -0.1) is 0 Å². The number of amides is 1. The number of carbonyl (C=O) groups is 1. The van der Waals surface area contributed by atoms with Crippen LogP contribution in [0.5, 0.6) is 0 Å². The van der Waals surface area contributed by atoms with E-state index in [1.54, 1.807) is 30.8 Å². The first-order chi connectivity index (χ1) is 17.3. The molecule has 0 spiro atoms. The van der Waals surface area contributed by atoms with Gasteiger partial charge in [-0.05, 0) is 63.6 Å². The molecule has 0 radical (unpaired) electrons. The highest BCUT2D eigenvalue weighted by atomic mass is 16.5. The van der Waals surface area contributed by atoms with Crippen molar-refractivity contribution in [3.05, 3.63) is 52.6 Å². The van der Waals surface area contributed by atoms with Crippen LogP contribution >= 0.6 is 0 Å². The minimum Gasteiger partial charge on any atom is -0.391 e. The van der Waals surface area contributed by atoms with Crippen LogP contribution in [-0.2, 0) is 4.74 Å². The molecule has 0 aromatic carbocycles. The molecule has 4 N–H and O–H groups in total. The first-order valence-corrected chi connectivity index (χ1v) is 12.5. The summed E-state index contributed by atoms with van der Waals surface area (Å²) in [5.41, 5.74) is 1.92. The predicted octanol–water partition coefficient (Wildman–Crippen LogP) is 3.05. The lowest BCUT2D eigenvalue weighted by molar-refractivity contribution is -0.0324. The van der Waals surface area contributed by atoms with E-state index in [1.807, 2.05) is 22.9 Å². The van der Waals surface area contributed by atoms with Gasteiger partial charge in [0, 0.05) is 38.1 Å². The maximum Gasteiger partial charge on any atom is 0.274 e. The van der Waals surface area contributed by atoms with Crippen molar-refractivity contribution >= 4 is 28.6 Å². The molecular formula is C26H34N6O4. The summed E-state index contributed by atoms with van der Waals surface area (Å²) < 4.78 is 9.12. The van der Waals surface area contributed by atoms with E-state index in [2.05, 4.69) is 28.0 Å². The molecule has 3 aromatic rings. The highest BCUT2D eigenvalue weighted by Gasteiger charge is 2.32. The summed E-state index contributed by atoms with van der Waals surface area (Å²) in [5, 5.41) is 23.5. The zero-order chi connectivity index (χ0) is 25.4. The van der Waals surface area contributed by atoms with Crippen LogP contribution in [0.4, 0.5) is 17.2 Å². The summed E-state index contributed by atoms with van der Waals surface area (Å²) in [7, 11) is 3.52. The summed E-state index contributed by atoms with van der Waals surface area (Å²) >= 11 is 0. The zero-order valence-electron chi connectivity index (χ0n) is 21.0. The number of carbonyl (C=O) groups excluding carboxylic acids is 1. The second kappa shape index (κ2) is 9.59. The van der Waals surface area contributed by atoms with Gasteiger partial charge in [-0.2, -0.15) is 5.10 Å². The van der Waals surface area contributed by atoms with Crippen LogP contribution in [0.3, 0.4) is 0 Å². The average Bonchev–Trinajstić information content (AvgIpc) is 3.32. The number of hydrogen-bond donors (Lipinski definition) is 4. The Morgan fingerprint density at radius 1 is 1.22 bits per heavy atom. The van der Waals surface area contributed by atoms with Crippen molar-refractivity contribution in [2.75, 3.05) is 24.8 Å². The molecule has 192 valence electrons. The molecule has 2 fully saturated rings. The van der Waals surface area contributed by atoms with E-state index < -0.39 is 6.10 Å². The Labute approximate surface area is 209 Å². The normalized spacial score (nSPS) is 25.8. The van der Waals surface area contributed by atoms with Crippen molar-refractivity contribution < 1.29 is 14.6 Å². The fourth-order valence-electron chi connectivity index (χ4n) is 5.15. The fraction of sp³-hybridized carbons (Fsp3) is 0.500. The maximum absolute atomic E-state index is 13.4. The van der Waals surface area contributed by atoms with Gasteiger partial charge in [-0.25, -0.2) is 4.52 Å². The maximum atomic E-state index is 13.4. The molecule has 10 heteroatoms. The molecule has 2 saturated carbocycles. The van der Waals surface area contributed by atoms with Crippen LogP contribution < -0.4 is 21.5 Å². The number of aromatic nitrogens is 3. The number of aliphatic hydroxyl groups excluding tert-OH is 1. The number of fused-ring (bicyclic) bond motifs is 1. The third kappa shape index (κ3) is 4.46. The van der Waals surface area contributed by atoms with Gasteiger partial charge >= 0.3 is 0 Å². The molecule has 2 atom stereocenters. The highest BCUT2D eigenvalue weighted by Crippen LogP contribution is 2.36. The number of nitrogens with one attached hydrogen (secondary N) is 3. The van der Waals surface area contributed by atoms with Crippen LogP contribution in [0, 0.1) is 0 Å². The summed E-state index contributed by atoms with van der Waals surface area (Å²) in [6, 6.07) is 7.20. The summed E-state index contributed by atoms with van der Waals surface area (Å²) in [6.45, 7) is 2.12. The van der Waals surface area contributed by atoms with E-state index in [9.17, 15) is 14.7 Å². The highest BCUT2D eigenvalue weighted by molar-refractivity contribution is 6.01. The van der Waals surface area contributed by atoms with E-state index in [0.29, 0.717) is 34.7 Å². The third-order valence-electron chi connectivity index (χ3n) is 7.83. The molecule has 36 heavy (non-hydrogen) atoms. The lowest BCUT2D eigenvalue weighted by Crippen LogP contribution is -2.50. The Bertz CT molecular complexity index is 1320. The van der Waals surface area contributed by atoms with E-state index in [0.717, 1.165) is 32.1 Å². The van der Waals surface area contributed by atoms with Gasteiger partial charge < -0.3 is 30.4 Å². The van der Waals surface area contributed by atoms with Gasteiger partial charge in [0.1, 0.15) is 11.5 Å². The van der Waals surface area contributed by atoms with Gasteiger partial charge in [-0.1, -0.05) is 0 Å². The van der Waals surface area contributed by atoms with E-state index in [-0.39, 0.29) is 29.2 Å². The Morgan fingerprint density at radius 3 is 2.64 bits per heavy atom. The van der Waals surface area contributed by atoms with Crippen molar-refractivity contribution in [1.29, 1.82) is 0 Å². The minimum atomic E-state index is -0.506. The topological polar surface area (TPSA) is 122 Å². The second-order valence-corrected chi connectivity index (χ2v) is 10.1. The summed E-state index contributed by atoms with van der Waals surface area (Å²) in [4.78, 5) is 26.3. The number of methoxy groups -OCH3 is 1. The van der Waals surface area contributed by atoms with Crippen LogP contribution in [0.1, 0.15) is 61.8 Å². The number of ether oxygens (including phenoxy) is 1. The number of rotatable bonds is 7. The van der Waals surface area contributed by atoms with Crippen LogP contribution in [0.2, 0.25) is 0 Å². The SMILES string of the molecule is CNc1cc(Nc2cccn(C3CCC(C)(OC)CC3)c2=O)cc2c(C(=O)N[C@H]3CC[C@H]3O)cnn12. The molecule has 10 nitrogen and oxygen atoms in total. The molecule has 3 heterocycles. The average molecular weight is 495 g/mol. The zero-order valence-corrected chi connectivity index (χ0v) is 21.0. The summed E-state index contributed by atoms with van der Waals surface area (Å²) in [5.74, 6) is 0.385. The third-order valence-corrected chi connectivity index (χ3v) is 7.83. The molecular weight excluding hydrogens is 460 g/mol. The first kappa shape index (κ1) is 24.3. The molecule has 1 amide bonds. The van der Waals surface area contributed by atoms with Crippen LogP contribution in [0.15, 0.2) is 41.5 Å². The van der Waals surface area contributed by atoms with Crippen LogP contribution in [0.25, 0.3) is 5.52 Å². The number of hydrogen-bond acceptors (Lipinski definition) is 7. The van der Waals surface area contributed by atoms with E-state index in [1.165, 1.54) is 6.20 Å². The van der Waals surface area contributed by atoms with Crippen molar-refractivity contribution in [2.24, 2.45) is 0 Å². The minimum absolute atomic E-state index is 0.0835. The number of anilines is 3. The Morgan fingerprint density at radius 2 is 2.00 bits per heavy atom. The Hall–Kier alpha value is -3.37. The quantitative estimate of drug-likeness (QED) is 0.398. The summed E-state index contributed by atoms with van der Waals surface area (Å²) in [6.07, 6.45) is 7.90. The van der Waals surface area contributed by atoms with Crippen molar-refractivity contribution in [3.63, 3.8) is 0 Å². The predicted molar refractivity (Wildman–Crippen MR) is 138 cm³/mol. The molecule has 3 aromatic heterocycles. The molecule has 2 aliphatic rings. The lowest BCUT2D eigenvalue weighted by Gasteiger charge is -2.36. The largest absolute Gasteiger partial charge is 0.391 e. The molecule has 5 rings (SSSR count). The number of aliphatic hydroxyl groups is 1. The van der Waals surface area contributed by atoms with Gasteiger partial charge in [0.05, 0.1) is 35.0 Å². The smallest absolute Gasteiger partial charge is 0.274 e. The molecule has 0 bridgehead atoms. The molecule has 0 unspecified atom stereocenters. The first-order valence-electron chi connectivity index (χ1n) is 12.5. The monoisotopic (exact) mass is 494 g/mol. The van der Waals surface area contributed by atoms with E-state index in [4.69, 9.17) is 4.74 Å². The van der Waals surface area contributed by atoms with Gasteiger partial charge in [0.25, 0.3) is 11.5 Å². The fourth-order valence-corrected chi connectivity index (χ4v) is 5.15. The van der Waals surface area contributed by atoms with E-state index >= 15 is 0 Å². The van der Waals surface area contributed by atoms with Gasteiger partial charge in [-0.3, -0.25) is 9.59 Å². The van der Waals surface area contributed by atoms with Gasteiger partial charge in [0.15, 0.2) is 0 Å². The lowest BCUT2D eigenvalue weighted by atomic mass is 9.83. The van der Waals surface area contributed by atoms with Crippen molar-refractivity contribution in [3.8, 4) is 0 Å². The standard InChI is InChI=1S/C26H34N6O4/c1-26(36-3)10-8-17(9-11-26)31-12-4-5-20(25(31)35)29-16-13-21-18(15-28-32(21)23(14-16)27-2)24(34)30-19-6-7-22(19)33/h4-5,12-15,17,19,22,27,29,33H,6-11H2,1-3H3,(H,30,34)/t17?,19-,22+,26?/m0/s1. The second-order valence-electron chi connectivity index (χ2n) is 10.1. The van der Waals surface area contributed by atoms with Crippen LogP contribution in [-0.4, -0.2) is 57.1 Å². The number of nitrogens with zero attached hydrogens (tertiary/aromatic N) is 3. The van der Waals surface area contributed by atoms with Crippen molar-refractivity contribution in [1.82, 2.24) is 19.5 Å². The van der Waals surface area contributed by atoms with Crippen molar-refractivity contribution in [2.45, 2.75) is 69.2 Å². The molecule has 0 saturated heterocycles. The van der Waals surface area contributed by atoms with Gasteiger partial charge in [0.2, 0.25) is 0 Å². The Balaban J connectivity index is 1.42. The Kier molecular flexibility index (Phi) is 6.48. The number of pyridine rings is 2. The molecule has 0 aliphatic heterocycles. The molecule has 2 aliphatic carbocycles.